The zero-order chi connectivity index (χ0) is 14.4. The van der Waals surface area contributed by atoms with Gasteiger partial charge in [-0.2, -0.15) is 10.2 Å². The maximum atomic E-state index is 4.34. The van der Waals surface area contributed by atoms with E-state index in [2.05, 4.69) is 52.5 Å². The summed E-state index contributed by atoms with van der Waals surface area (Å²) in [5.74, 6) is 0. The Hall–Kier alpha value is -1.81. The quantitative estimate of drug-likeness (QED) is 0.876. The number of nitrogens with zero attached hydrogens (tertiary/aromatic N) is 3. The second kappa shape index (κ2) is 7.10. The molecule has 0 fully saturated rings. The maximum Gasteiger partial charge on any atom is 0.0676 e. The van der Waals surface area contributed by atoms with Crippen LogP contribution in [0.4, 0.5) is 0 Å². The van der Waals surface area contributed by atoms with Crippen LogP contribution in [0.15, 0.2) is 30.6 Å². The van der Waals surface area contributed by atoms with Crippen molar-refractivity contribution in [3.8, 4) is 0 Å². The van der Waals surface area contributed by atoms with Gasteiger partial charge in [-0.3, -0.25) is 4.98 Å². The van der Waals surface area contributed by atoms with Crippen LogP contribution >= 0.6 is 0 Å². The number of aromatic nitrogens is 3. The normalized spacial score (nSPS) is 12.3. The van der Waals surface area contributed by atoms with Gasteiger partial charge in [-0.15, -0.1) is 0 Å². The molecule has 0 aliphatic rings. The van der Waals surface area contributed by atoms with Gasteiger partial charge in [0.05, 0.1) is 11.4 Å². The minimum absolute atomic E-state index is 0.270. The fourth-order valence-corrected chi connectivity index (χ4v) is 2.40. The van der Waals surface area contributed by atoms with Crippen LogP contribution in [0.1, 0.15) is 42.4 Å². The van der Waals surface area contributed by atoms with E-state index in [0.717, 1.165) is 30.8 Å². The molecule has 2 aromatic heterocycles. The molecule has 2 heterocycles. The van der Waals surface area contributed by atoms with Gasteiger partial charge in [0.15, 0.2) is 0 Å². The van der Waals surface area contributed by atoms with Crippen molar-refractivity contribution < 1.29 is 0 Å². The minimum Gasteiger partial charge on any atom is -0.310 e. The Balaban J connectivity index is 2.30. The van der Waals surface area contributed by atoms with Gasteiger partial charge >= 0.3 is 0 Å². The fraction of sp³-hybridized carbons (Fsp3) is 0.438. The van der Waals surface area contributed by atoms with E-state index < -0.39 is 0 Å². The molecule has 0 aromatic carbocycles. The molecule has 0 spiro atoms. The van der Waals surface area contributed by atoms with E-state index in [1.807, 2.05) is 19.3 Å². The third-order valence-corrected chi connectivity index (χ3v) is 3.38. The molecule has 0 aliphatic carbocycles. The van der Waals surface area contributed by atoms with Crippen molar-refractivity contribution in [2.45, 2.75) is 39.7 Å². The molecule has 1 atom stereocenters. The first kappa shape index (κ1) is 14.6. The first-order chi connectivity index (χ1) is 9.74. The average Bonchev–Trinajstić information content (AvgIpc) is 2.48. The van der Waals surface area contributed by atoms with Crippen LogP contribution in [0.3, 0.4) is 0 Å². The first-order valence-corrected chi connectivity index (χ1v) is 7.20. The average molecular weight is 270 g/mol. The van der Waals surface area contributed by atoms with Crippen molar-refractivity contribution in [3.05, 3.63) is 53.1 Å². The van der Waals surface area contributed by atoms with Crippen LogP contribution in [0.2, 0.25) is 0 Å². The van der Waals surface area contributed by atoms with Crippen molar-refractivity contribution in [2.24, 2.45) is 0 Å². The lowest BCUT2D eigenvalue weighted by Gasteiger charge is -2.20. The molecule has 1 N–H and O–H groups in total. The summed E-state index contributed by atoms with van der Waals surface area (Å²) in [7, 11) is 0. The van der Waals surface area contributed by atoms with Crippen LogP contribution in [0.25, 0.3) is 0 Å². The van der Waals surface area contributed by atoms with Gasteiger partial charge in [0.1, 0.15) is 0 Å². The molecule has 0 saturated heterocycles. The Kier molecular flexibility index (Phi) is 5.18. The molecule has 2 rings (SSSR count). The van der Waals surface area contributed by atoms with E-state index in [-0.39, 0.29) is 6.04 Å². The third kappa shape index (κ3) is 3.61. The molecule has 4 nitrogen and oxygen atoms in total. The molecular weight excluding hydrogens is 248 g/mol. The number of rotatable bonds is 6. The predicted molar refractivity (Wildman–Crippen MR) is 80.5 cm³/mol. The van der Waals surface area contributed by atoms with E-state index in [1.54, 1.807) is 0 Å². The smallest absolute Gasteiger partial charge is 0.0676 e. The molecule has 20 heavy (non-hydrogen) atoms. The van der Waals surface area contributed by atoms with Gasteiger partial charge in [-0.1, -0.05) is 13.8 Å². The van der Waals surface area contributed by atoms with Crippen LogP contribution in [0.5, 0.6) is 0 Å². The van der Waals surface area contributed by atoms with E-state index in [1.165, 1.54) is 11.1 Å². The molecule has 2 aromatic rings. The second-order valence-corrected chi connectivity index (χ2v) is 4.91. The molecule has 1 unspecified atom stereocenters. The number of hydrogen-bond acceptors (Lipinski definition) is 4. The zero-order valence-corrected chi connectivity index (χ0v) is 12.4. The standard InChI is InChI=1S/C16H22N4/c1-4-15-14(10-12(3)19-20-15)16(18-5-2)11-13-6-8-17-9-7-13/h6-10,16,18H,4-5,11H2,1-3H3. The number of aryl methyl sites for hydroxylation is 2. The molecule has 0 bridgehead atoms. The summed E-state index contributed by atoms with van der Waals surface area (Å²) in [4.78, 5) is 4.08. The Morgan fingerprint density at radius 3 is 2.55 bits per heavy atom. The number of pyridine rings is 1. The highest BCUT2D eigenvalue weighted by Gasteiger charge is 2.16. The maximum absolute atomic E-state index is 4.34. The molecule has 0 aliphatic heterocycles. The van der Waals surface area contributed by atoms with Gasteiger partial charge in [0.2, 0.25) is 0 Å². The van der Waals surface area contributed by atoms with Gasteiger partial charge in [0, 0.05) is 18.4 Å². The van der Waals surface area contributed by atoms with Crippen molar-refractivity contribution in [1.29, 1.82) is 0 Å². The summed E-state index contributed by atoms with van der Waals surface area (Å²) < 4.78 is 0. The molecule has 0 saturated carbocycles. The van der Waals surface area contributed by atoms with Crippen molar-refractivity contribution in [2.75, 3.05) is 6.54 Å². The van der Waals surface area contributed by atoms with E-state index in [4.69, 9.17) is 0 Å². The molecular formula is C16H22N4. The van der Waals surface area contributed by atoms with E-state index >= 15 is 0 Å². The third-order valence-electron chi connectivity index (χ3n) is 3.38. The van der Waals surface area contributed by atoms with E-state index in [9.17, 15) is 0 Å². The van der Waals surface area contributed by atoms with Crippen LogP contribution in [-0.2, 0) is 12.8 Å². The number of nitrogens with one attached hydrogen (secondary N) is 1. The summed E-state index contributed by atoms with van der Waals surface area (Å²) in [6.07, 6.45) is 5.53. The Morgan fingerprint density at radius 2 is 1.90 bits per heavy atom. The SMILES string of the molecule is CCNC(Cc1ccncc1)c1cc(C)nnc1CC. The highest BCUT2D eigenvalue weighted by Crippen LogP contribution is 2.21. The lowest BCUT2D eigenvalue weighted by molar-refractivity contribution is 0.540. The lowest BCUT2D eigenvalue weighted by Crippen LogP contribution is -2.25. The van der Waals surface area contributed by atoms with Gasteiger partial charge < -0.3 is 5.32 Å². The summed E-state index contributed by atoms with van der Waals surface area (Å²) >= 11 is 0. The molecule has 4 heteroatoms. The minimum atomic E-state index is 0.270. The summed E-state index contributed by atoms with van der Waals surface area (Å²) in [6.45, 7) is 7.18. The fourth-order valence-electron chi connectivity index (χ4n) is 2.40. The highest BCUT2D eigenvalue weighted by atomic mass is 15.1. The zero-order valence-electron chi connectivity index (χ0n) is 12.4. The van der Waals surface area contributed by atoms with Gasteiger partial charge in [-0.05, 0) is 55.6 Å². The molecule has 0 radical (unpaired) electrons. The van der Waals surface area contributed by atoms with Crippen molar-refractivity contribution in [1.82, 2.24) is 20.5 Å². The Bertz CT molecular complexity index is 539. The van der Waals surface area contributed by atoms with Crippen LogP contribution in [0, 0.1) is 6.92 Å². The Morgan fingerprint density at radius 1 is 1.15 bits per heavy atom. The summed E-state index contributed by atoms with van der Waals surface area (Å²) in [5.41, 5.74) is 4.59. The first-order valence-electron chi connectivity index (χ1n) is 7.20. The highest BCUT2D eigenvalue weighted by molar-refractivity contribution is 5.27. The Labute approximate surface area is 120 Å². The van der Waals surface area contributed by atoms with Crippen molar-refractivity contribution in [3.63, 3.8) is 0 Å². The number of likely N-dealkylation sites (N-methyl/N-ethyl adjacent to an activating group) is 1. The number of hydrogen-bond donors (Lipinski definition) is 1. The summed E-state index contributed by atoms with van der Waals surface area (Å²) in [5, 5.41) is 12.1. The monoisotopic (exact) mass is 270 g/mol. The largest absolute Gasteiger partial charge is 0.310 e. The second-order valence-electron chi connectivity index (χ2n) is 4.91. The summed E-state index contributed by atoms with van der Waals surface area (Å²) in [6, 6.07) is 6.56. The molecule has 0 amide bonds. The predicted octanol–water partition coefficient (Wildman–Crippen LogP) is 2.64. The topological polar surface area (TPSA) is 50.7 Å². The van der Waals surface area contributed by atoms with Crippen LogP contribution in [-0.4, -0.2) is 21.7 Å². The van der Waals surface area contributed by atoms with E-state index in [0.29, 0.717) is 0 Å². The lowest BCUT2D eigenvalue weighted by atomic mass is 9.97. The van der Waals surface area contributed by atoms with Crippen molar-refractivity contribution >= 4 is 0 Å². The van der Waals surface area contributed by atoms with Gasteiger partial charge in [-0.25, -0.2) is 0 Å². The van der Waals surface area contributed by atoms with Gasteiger partial charge in [0.25, 0.3) is 0 Å². The van der Waals surface area contributed by atoms with Crippen LogP contribution < -0.4 is 5.32 Å². The molecule has 106 valence electrons.